The molecule has 1 fully saturated rings. The molecule has 0 saturated heterocycles. The Bertz CT molecular complexity index is 836. The first-order chi connectivity index (χ1) is 10.4. The molecule has 1 heterocycles. The molecule has 118 valence electrons. The zero-order chi connectivity index (χ0) is 15.7. The molecule has 0 unspecified atom stereocenters. The molecule has 0 spiro atoms. The van der Waals surface area contributed by atoms with E-state index in [1.807, 2.05) is 30.3 Å². The van der Waals surface area contributed by atoms with Crippen molar-refractivity contribution in [2.24, 2.45) is 5.92 Å². The third kappa shape index (κ3) is 3.56. The molecule has 0 amide bonds. The minimum absolute atomic E-state index is 0.0711. The smallest absolute Gasteiger partial charge is 0.252 e. The van der Waals surface area contributed by atoms with Gasteiger partial charge in [-0.05, 0) is 36.3 Å². The zero-order valence-electron chi connectivity index (χ0n) is 12.5. The van der Waals surface area contributed by atoms with Crippen molar-refractivity contribution in [3.05, 3.63) is 46.2 Å². The Balaban J connectivity index is 1.59. The van der Waals surface area contributed by atoms with Crippen LogP contribution in [0.3, 0.4) is 0 Å². The molecule has 6 heteroatoms. The maximum Gasteiger partial charge on any atom is 0.252 e. The van der Waals surface area contributed by atoms with E-state index in [-0.39, 0.29) is 17.2 Å². The van der Waals surface area contributed by atoms with Crippen molar-refractivity contribution in [1.29, 1.82) is 0 Å². The Morgan fingerprint density at radius 3 is 2.73 bits per heavy atom. The van der Waals surface area contributed by atoms with Gasteiger partial charge < -0.3 is 10.3 Å². The van der Waals surface area contributed by atoms with Gasteiger partial charge in [-0.2, -0.15) is 0 Å². The summed E-state index contributed by atoms with van der Waals surface area (Å²) in [6, 6.07) is 9.91. The van der Waals surface area contributed by atoms with Crippen molar-refractivity contribution < 1.29 is 8.42 Å². The summed E-state index contributed by atoms with van der Waals surface area (Å²) in [5, 5.41) is 4.36. The van der Waals surface area contributed by atoms with E-state index in [9.17, 15) is 13.2 Å². The number of benzene rings is 1. The zero-order valence-corrected chi connectivity index (χ0v) is 13.3. The van der Waals surface area contributed by atoms with Crippen LogP contribution in [0.25, 0.3) is 10.9 Å². The van der Waals surface area contributed by atoms with Crippen LogP contribution in [-0.2, 0) is 16.4 Å². The minimum Gasteiger partial charge on any atom is -0.322 e. The molecular weight excluding hydrogens is 300 g/mol. The monoisotopic (exact) mass is 320 g/mol. The van der Waals surface area contributed by atoms with Crippen LogP contribution in [0.5, 0.6) is 0 Å². The fourth-order valence-corrected chi connectivity index (χ4v) is 4.17. The molecule has 1 saturated carbocycles. The van der Waals surface area contributed by atoms with E-state index in [4.69, 9.17) is 0 Å². The number of aromatic nitrogens is 1. The second kappa shape index (κ2) is 5.85. The summed E-state index contributed by atoms with van der Waals surface area (Å²) in [6.45, 7) is 0.510. The highest BCUT2D eigenvalue weighted by Gasteiger charge is 2.31. The maximum atomic E-state index is 12.0. The standard InChI is InChI=1S/C16H20N2O3S/c1-22(20,21)10-11-6-14(7-11)17-9-13-8-12-4-2-3-5-15(12)18-16(13)19/h2-5,8,11,14,17H,6-7,9-10H2,1H3,(H,18,19). The number of pyridine rings is 1. The lowest BCUT2D eigenvalue weighted by Crippen LogP contribution is -2.43. The van der Waals surface area contributed by atoms with Gasteiger partial charge in [-0.15, -0.1) is 0 Å². The van der Waals surface area contributed by atoms with Crippen molar-refractivity contribution in [3.8, 4) is 0 Å². The third-order valence-corrected chi connectivity index (χ3v) is 5.26. The summed E-state index contributed by atoms with van der Waals surface area (Å²) in [4.78, 5) is 14.9. The summed E-state index contributed by atoms with van der Waals surface area (Å²) >= 11 is 0. The second-order valence-electron chi connectivity index (χ2n) is 6.22. The lowest BCUT2D eigenvalue weighted by atomic mass is 9.81. The number of hydrogen-bond donors (Lipinski definition) is 2. The van der Waals surface area contributed by atoms with Gasteiger partial charge in [-0.1, -0.05) is 18.2 Å². The average molecular weight is 320 g/mol. The first kappa shape index (κ1) is 15.2. The van der Waals surface area contributed by atoms with E-state index in [0.29, 0.717) is 18.2 Å². The molecule has 2 N–H and O–H groups in total. The molecule has 22 heavy (non-hydrogen) atoms. The molecular formula is C16H20N2O3S. The van der Waals surface area contributed by atoms with Crippen LogP contribution in [0, 0.1) is 5.92 Å². The van der Waals surface area contributed by atoms with Crippen molar-refractivity contribution >= 4 is 20.7 Å². The lowest BCUT2D eigenvalue weighted by molar-refractivity contribution is 0.242. The molecule has 5 nitrogen and oxygen atoms in total. The number of aromatic amines is 1. The van der Waals surface area contributed by atoms with Gasteiger partial charge in [0, 0.05) is 29.9 Å². The molecule has 1 aromatic carbocycles. The quantitative estimate of drug-likeness (QED) is 0.874. The van der Waals surface area contributed by atoms with E-state index < -0.39 is 9.84 Å². The second-order valence-corrected chi connectivity index (χ2v) is 8.40. The molecule has 3 rings (SSSR count). The Labute approximate surface area is 129 Å². The SMILES string of the molecule is CS(=O)(=O)CC1CC(NCc2cc3ccccc3[nH]c2=O)C1. The summed E-state index contributed by atoms with van der Waals surface area (Å²) in [5.41, 5.74) is 1.48. The Morgan fingerprint density at radius 2 is 2.00 bits per heavy atom. The van der Waals surface area contributed by atoms with Crippen molar-refractivity contribution in [2.75, 3.05) is 12.0 Å². The predicted molar refractivity (Wildman–Crippen MR) is 87.6 cm³/mol. The number of para-hydroxylation sites is 1. The van der Waals surface area contributed by atoms with Gasteiger partial charge in [0.1, 0.15) is 9.84 Å². The van der Waals surface area contributed by atoms with Gasteiger partial charge in [0.05, 0.1) is 5.75 Å². The summed E-state index contributed by atoms with van der Waals surface area (Å²) < 4.78 is 22.4. The van der Waals surface area contributed by atoms with E-state index in [1.165, 1.54) is 6.26 Å². The molecule has 1 aliphatic rings. The van der Waals surface area contributed by atoms with Crippen LogP contribution in [-0.4, -0.2) is 31.5 Å². The highest BCUT2D eigenvalue weighted by molar-refractivity contribution is 7.90. The first-order valence-corrected chi connectivity index (χ1v) is 9.49. The van der Waals surface area contributed by atoms with Gasteiger partial charge in [-0.25, -0.2) is 8.42 Å². The summed E-state index contributed by atoms with van der Waals surface area (Å²) in [6.07, 6.45) is 3.00. The highest BCUT2D eigenvalue weighted by atomic mass is 32.2. The van der Waals surface area contributed by atoms with Crippen LogP contribution >= 0.6 is 0 Å². The van der Waals surface area contributed by atoms with Crippen LogP contribution in [0.2, 0.25) is 0 Å². The molecule has 2 aromatic rings. The highest BCUT2D eigenvalue weighted by Crippen LogP contribution is 2.28. The molecule has 0 atom stereocenters. The molecule has 0 bridgehead atoms. The number of sulfone groups is 1. The van der Waals surface area contributed by atoms with Crippen LogP contribution in [0.1, 0.15) is 18.4 Å². The van der Waals surface area contributed by atoms with Gasteiger partial charge in [0.2, 0.25) is 0 Å². The molecule has 0 radical (unpaired) electrons. The number of H-pyrrole nitrogens is 1. The normalized spacial score (nSPS) is 21.7. The van der Waals surface area contributed by atoms with Gasteiger partial charge in [0.25, 0.3) is 5.56 Å². The third-order valence-electron chi connectivity index (χ3n) is 4.19. The van der Waals surface area contributed by atoms with Crippen molar-refractivity contribution in [3.63, 3.8) is 0 Å². The molecule has 1 aromatic heterocycles. The first-order valence-electron chi connectivity index (χ1n) is 7.43. The number of nitrogens with one attached hydrogen (secondary N) is 2. The molecule has 0 aliphatic heterocycles. The lowest BCUT2D eigenvalue weighted by Gasteiger charge is -2.35. The average Bonchev–Trinajstić information content (AvgIpc) is 2.40. The van der Waals surface area contributed by atoms with Crippen LogP contribution in [0.4, 0.5) is 0 Å². The summed E-state index contributed by atoms with van der Waals surface area (Å²) in [5.74, 6) is 0.518. The van der Waals surface area contributed by atoms with Gasteiger partial charge in [0.15, 0.2) is 0 Å². The van der Waals surface area contributed by atoms with Gasteiger partial charge >= 0.3 is 0 Å². The Kier molecular flexibility index (Phi) is 4.06. The topological polar surface area (TPSA) is 79.0 Å². The van der Waals surface area contributed by atoms with E-state index >= 15 is 0 Å². The number of rotatable bonds is 5. The molecule has 1 aliphatic carbocycles. The minimum atomic E-state index is -2.89. The van der Waals surface area contributed by atoms with E-state index in [1.54, 1.807) is 0 Å². The van der Waals surface area contributed by atoms with Gasteiger partial charge in [-0.3, -0.25) is 4.79 Å². The van der Waals surface area contributed by atoms with Crippen LogP contribution in [0.15, 0.2) is 35.1 Å². The largest absolute Gasteiger partial charge is 0.322 e. The summed E-state index contributed by atoms with van der Waals surface area (Å²) in [7, 11) is -2.89. The number of fused-ring (bicyclic) bond motifs is 1. The predicted octanol–water partition coefficient (Wildman–Crippen LogP) is 1.44. The number of hydrogen-bond acceptors (Lipinski definition) is 4. The fourth-order valence-electron chi connectivity index (χ4n) is 3.04. The fraction of sp³-hybridized carbons (Fsp3) is 0.438. The van der Waals surface area contributed by atoms with Crippen molar-refractivity contribution in [1.82, 2.24) is 10.3 Å². The van der Waals surface area contributed by atoms with Crippen LogP contribution < -0.4 is 10.9 Å². The van der Waals surface area contributed by atoms with E-state index in [0.717, 1.165) is 23.7 Å². The van der Waals surface area contributed by atoms with Crippen molar-refractivity contribution in [2.45, 2.75) is 25.4 Å². The Morgan fingerprint density at radius 1 is 1.27 bits per heavy atom. The van der Waals surface area contributed by atoms with E-state index in [2.05, 4.69) is 10.3 Å². The maximum absolute atomic E-state index is 12.0. The Hall–Kier alpha value is -1.66.